The summed E-state index contributed by atoms with van der Waals surface area (Å²) in [5.41, 5.74) is 1.22. The van der Waals surface area contributed by atoms with Crippen molar-refractivity contribution in [2.75, 3.05) is 6.61 Å². The average Bonchev–Trinajstić information content (AvgIpc) is 2.47. The molecule has 2 aromatic rings. The van der Waals surface area contributed by atoms with Crippen LogP contribution in [0.2, 0.25) is 4.47 Å². The van der Waals surface area contributed by atoms with Crippen molar-refractivity contribution in [3.63, 3.8) is 0 Å². The molecule has 0 fully saturated rings. The van der Waals surface area contributed by atoms with E-state index < -0.39 is 0 Å². The van der Waals surface area contributed by atoms with Crippen LogP contribution >= 0.6 is 12.6 Å². The summed E-state index contributed by atoms with van der Waals surface area (Å²) < 4.78 is 8.38. The molecule has 0 aliphatic heterocycles. The second kappa shape index (κ2) is 8.66. The number of ether oxygens (including phenoxy) is 1. The summed E-state index contributed by atoms with van der Waals surface area (Å²) in [6, 6.07) is 21.0. The summed E-state index contributed by atoms with van der Waals surface area (Å²) >= 11 is 4.49. The molecule has 0 heterocycles. The van der Waals surface area contributed by atoms with Crippen LogP contribution in [0, 0.1) is 0 Å². The van der Waals surface area contributed by atoms with E-state index in [9.17, 15) is 0 Å². The van der Waals surface area contributed by atoms with Gasteiger partial charge in [0, 0.05) is 0 Å². The molecule has 0 aliphatic carbocycles. The van der Waals surface area contributed by atoms with Crippen LogP contribution in [0.15, 0.2) is 60.7 Å². The molecule has 3 heteroatoms. The molecule has 0 N–H and O–H groups in total. The number of rotatable bonds is 7. The normalized spacial score (nSPS) is 12.3. The minimum absolute atomic E-state index is 0.125. The fraction of sp³-hybridized carbons (Fsp3) is 0.250. The second-order valence-corrected chi connectivity index (χ2v) is 8.13. The molecule has 1 atom stereocenters. The van der Waals surface area contributed by atoms with Gasteiger partial charge in [-0.05, 0) is 0 Å². The van der Waals surface area contributed by atoms with E-state index in [-0.39, 0.29) is 20.9 Å². The zero-order chi connectivity index (χ0) is 13.3. The first kappa shape index (κ1) is 14.9. The van der Waals surface area contributed by atoms with E-state index in [0.717, 1.165) is 6.61 Å². The molecule has 0 bridgehead atoms. The van der Waals surface area contributed by atoms with Gasteiger partial charge in [0.1, 0.15) is 0 Å². The van der Waals surface area contributed by atoms with E-state index in [4.69, 9.17) is 4.74 Å². The van der Waals surface area contributed by atoms with Crippen LogP contribution in [0.25, 0.3) is 0 Å². The number of benzene rings is 2. The fourth-order valence-electron chi connectivity index (χ4n) is 1.64. The van der Waals surface area contributed by atoms with Crippen molar-refractivity contribution in [1.29, 1.82) is 0 Å². The van der Waals surface area contributed by atoms with Crippen LogP contribution in [0.5, 0.6) is 0 Å². The first-order valence-electron chi connectivity index (χ1n) is 6.32. The van der Waals surface area contributed by atoms with Crippen molar-refractivity contribution in [3.05, 3.63) is 66.2 Å². The summed E-state index contributed by atoms with van der Waals surface area (Å²) in [7, 11) is 0. The molecule has 100 valence electrons. The summed E-state index contributed by atoms with van der Waals surface area (Å²) in [5.74, 6) is 0. The Morgan fingerprint density at radius 3 is 2.26 bits per heavy atom. The molecule has 1 nitrogen and oxygen atoms in total. The van der Waals surface area contributed by atoms with Crippen molar-refractivity contribution in [2.24, 2.45) is 0 Å². The van der Waals surface area contributed by atoms with Gasteiger partial charge < -0.3 is 0 Å². The van der Waals surface area contributed by atoms with Gasteiger partial charge in [-0.3, -0.25) is 0 Å². The molecule has 0 amide bonds. The third-order valence-corrected chi connectivity index (χ3v) is 7.06. The van der Waals surface area contributed by atoms with Crippen molar-refractivity contribution in [2.45, 2.75) is 16.3 Å². The predicted octanol–water partition coefficient (Wildman–Crippen LogP) is 2.95. The molecule has 2 aromatic carbocycles. The van der Waals surface area contributed by atoms with Crippen molar-refractivity contribution in [3.8, 4) is 0 Å². The number of hydrogen-bond donors (Lipinski definition) is 1. The molecule has 0 saturated heterocycles. The monoisotopic (exact) mass is 388 g/mol. The van der Waals surface area contributed by atoms with Crippen molar-refractivity contribution < 1.29 is 4.74 Å². The van der Waals surface area contributed by atoms with Crippen LogP contribution in [-0.2, 0) is 11.3 Å². The second-order valence-electron chi connectivity index (χ2n) is 4.28. The quantitative estimate of drug-likeness (QED) is 0.569. The van der Waals surface area contributed by atoms with Gasteiger partial charge >= 0.3 is 131 Å². The van der Waals surface area contributed by atoms with Crippen LogP contribution in [0.4, 0.5) is 0 Å². The van der Waals surface area contributed by atoms with Crippen LogP contribution in [-0.4, -0.2) is 32.8 Å². The van der Waals surface area contributed by atoms with Gasteiger partial charge in [-0.15, -0.1) is 0 Å². The number of thiol groups is 1. The van der Waals surface area contributed by atoms with Gasteiger partial charge in [0.05, 0.1) is 0 Å². The molecule has 0 spiro atoms. The Morgan fingerprint density at radius 2 is 1.58 bits per heavy atom. The molecule has 19 heavy (non-hydrogen) atoms. The third kappa shape index (κ3) is 6.01. The standard InChI is InChI=1S/C16H18OSTe/c18-15(13-19-16-9-5-2-6-10-16)12-17-11-14-7-3-1-4-8-14/h1-10,15,18H,11-13H2. The summed E-state index contributed by atoms with van der Waals surface area (Å²) in [5, 5.41) is 0.353. The predicted molar refractivity (Wildman–Crippen MR) is 85.5 cm³/mol. The number of hydrogen-bond acceptors (Lipinski definition) is 2. The molecule has 0 aromatic heterocycles. The Morgan fingerprint density at radius 1 is 0.947 bits per heavy atom. The van der Waals surface area contributed by atoms with Gasteiger partial charge in [0.2, 0.25) is 0 Å². The van der Waals surface area contributed by atoms with Gasteiger partial charge in [0.15, 0.2) is 0 Å². The van der Waals surface area contributed by atoms with Gasteiger partial charge in [0.25, 0.3) is 0 Å². The van der Waals surface area contributed by atoms with E-state index in [1.807, 2.05) is 18.2 Å². The van der Waals surface area contributed by atoms with Gasteiger partial charge in [-0.1, -0.05) is 0 Å². The Labute approximate surface area is 130 Å². The molecule has 1 unspecified atom stereocenters. The summed E-state index contributed by atoms with van der Waals surface area (Å²) in [6.07, 6.45) is 0. The Balaban J connectivity index is 1.64. The maximum atomic E-state index is 5.71. The Bertz CT molecular complexity index is 461. The van der Waals surface area contributed by atoms with E-state index >= 15 is 0 Å². The Hall–Kier alpha value is -0.460. The molecule has 2 rings (SSSR count). The van der Waals surface area contributed by atoms with Gasteiger partial charge in [-0.25, -0.2) is 0 Å². The maximum absolute atomic E-state index is 5.71. The summed E-state index contributed by atoms with van der Waals surface area (Å²) in [6.45, 7) is 1.42. The topological polar surface area (TPSA) is 9.23 Å². The van der Waals surface area contributed by atoms with Crippen LogP contribution in [0.3, 0.4) is 0 Å². The van der Waals surface area contributed by atoms with E-state index in [1.165, 1.54) is 13.6 Å². The minimum atomic E-state index is -0.125. The van der Waals surface area contributed by atoms with Crippen molar-refractivity contribution in [1.82, 2.24) is 0 Å². The molecular formula is C16H18OSTe. The molecule has 0 aliphatic rings. The zero-order valence-electron chi connectivity index (χ0n) is 10.7. The van der Waals surface area contributed by atoms with E-state index in [0.29, 0.717) is 11.9 Å². The van der Waals surface area contributed by atoms with Crippen LogP contribution in [0.1, 0.15) is 5.56 Å². The van der Waals surface area contributed by atoms with Crippen LogP contribution < -0.4 is 3.61 Å². The van der Waals surface area contributed by atoms with Crippen molar-refractivity contribution >= 4 is 37.2 Å². The first-order chi connectivity index (χ1) is 9.34. The summed E-state index contributed by atoms with van der Waals surface area (Å²) in [4.78, 5) is 0. The molecule has 0 saturated carbocycles. The van der Waals surface area contributed by atoms with Gasteiger partial charge in [-0.2, -0.15) is 0 Å². The molecular weight excluding hydrogens is 368 g/mol. The van der Waals surface area contributed by atoms with E-state index in [1.54, 1.807) is 0 Å². The van der Waals surface area contributed by atoms with E-state index in [2.05, 4.69) is 55.1 Å². The Kier molecular flexibility index (Phi) is 6.81. The molecule has 0 radical (unpaired) electrons. The third-order valence-electron chi connectivity index (χ3n) is 2.61. The fourth-order valence-corrected chi connectivity index (χ4v) is 4.62. The average molecular weight is 386 g/mol. The zero-order valence-corrected chi connectivity index (χ0v) is 14.0. The first-order valence-corrected chi connectivity index (χ1v) is 9.65. The SMILES string of the molecule is SC(COCc1ccccc1)C[Te]c1ccccc1.